The SMILES string of the molecule is Cc1cc(C)nc(NC(c2cccc(Cl)c2)c2cc(C)sc2NC(=O)c2ccco2)n1. The fourth-order valence-electron chi connectivity index (χ4n) is 3.36. The van der Waals surface area contributed by atoms with Gasteiger partial charge in [-0.05, 0) is 62.7 Å². The number of amides is 1. The minimum Gasteiger partial charge on any atom is -0.459 e. The second-order valence-electron chi connectivity index (χ2n) is 7.18. The Balaban J connectivity index is 1.75. The zero-order chi connectivity index (χ0) is 22.0. The number of furan rings is 1. The molecule has 4 aromatic rings. The van der Waals surface area contributed by atoms with Crippen molar-refractivity contribution in [1.29, 1.82) is 0 Å². The molecule has 0 fully saturated rings. The van der Waals surface area contributed by atoms with E-state index >= 15 is 0 Å². The van der Waals surface area contributed by atoms with Gasteiger partial charge in [0.15, 0.2) is 5.76 Å². The summed E-state index contributed by atoms with van der Waals surface area (Å²) in [5.74, 6) is 0.456. The lowest BCUT2D eigenvalue weighted by Gasteiger charge is -2.21. The first-order chi connectivity index (χ1) is 14.9. The average molecular weight is 453 g/mol. The van der Waals surface area contributed by atoms with E-state index in [4.69, 9.17) is 16.0 Å². The van der Waals surface area contributed by atoms with Gasteiger partial charge in [0.25, 0.3) is 5.91 Å². The zero-order valence-electron chi connectivity index (χ0n) is 17.3. The molecule has 6 nitrogen and oxygen atoms in total. The smallest absolute Gasteiger partial charge is 0.291 e. The molecule has 0 aliphatic carbocycles. The van der Waals surface area contributed by atoms with E-state index in [1.165, 1.54) is 17.6 Å². The van der Waals surface area contributed by atoms with Crippen LogP contribution in [0, 0.1) is 20.8 Å². The molecule has 4 rings (SSSR count). The highest BCUT2D eigenvalue weighted by Crippen LogP contribution is 2.38. The molecule has 0 bridgehead atoms. The highest BCUT2D eigenvalue weighted by Gasteiger charge is 2.23. The van der Waals surface area contributed by atoms with Crippen molar-refractivity contribution in [3.8, 4) is 0 Å². The summed E-state index contributed by atoms with van der Waals surface area (Å²) in [6.45, 7) is 5.86. The quantitative estimate of drug-likeness (QED) is 0.366. The molecule has 158 valence electrons. The number of benzene rings is 1. The number of rotatable bonds is 6. The predicted molar refractivity (Wildman–Crippen MR) is 124 cm³/mol. The van der Waals surface area contributed by atoms with Gasteiger partial charge in [0, 0.05) is 26.9 Å². The summed E-state index contributed by atoms with van der Waals surface area (Å²) in [6.07, 6.45) is 1.48. The van der Waals surface area contributed by atoms with Crippen LogP contribution in [0.5, 0.6) is 0 Å². The van der Waals surface area contributed by atoms with Crippen LogP contribution in [-0.4, -0.2) is 15.9 Å². The number of halogens is 1. The Labute approximate surface area is 189 Å². The second-order valence-corrected chi connectivity index (χ2v) is 8.87. The van der Waals surface area contributed by atoms with Crippen molar-refractivity contribution in [1.82, 2.24) is 9.97 Å². The predicted octanol–water partition coefficient (Wildman–Crippen LogP) is 6.16. The van der Waals surface area contributed by atoms with Gasteiger partial charge in [-0.1, -0.05) is 23.7 Å². The summed E-state index contributed by atoms with van der Waals surface area (Å²) in [5.41, 5.74) is 3.56. The van der Waals surface area contributed by atoms with E-state index in [0.29, 0.717) is 11.0 Å². The van der Waals surface area contributed by atoms with E-state index in [-0.39, 0.29) is 17.7 Å². The Morgan fingerprint density at radius 3 is 2.52 bits per heavy atom. The Kier molecular flexibility index (Phi) is 6.06. The molecule has 3 heterocycles. The van der Waals surface area contributed by atoms with Crippen LogP contribution in [0.4, 0.5) is 10.9 Å². The lowest BCUT2D eigenvalue weighted by atomic mass is 10.00. The summed E-state index contributed by atoms with van der Waals surface area (Å²) in [4.78, 5) is 22.8. The molecule has 1 aromatic carbocycles. The summed E-state index contributed by atoms with van der Waals surface area (Å²) in [5, 5.41) is 7.76. The van der Waals surface area contributed by atoms with Crippen LogP contribution in [0.25, 0.3) is 0 Å². The minimum absolute atomic E-state index is 0.252. The largest absolute Gasteiger partial charge is 0.459 e. The Morgan fingerprint density at radius 2 is 1.84 bits per heavy atom. The highest BCUT2D eigenvalue weighted by atomic mass is 35.5. The normalized spacial score (nSPS) is 11.9. The van der Waals surface area contributed by atoms with Crippen molar-refractivity contribution < 1.29 is 9.21 Å². The van der Waals surface area contributed by atoms with Crippen molar-refractivity contribution >= 4 is 39.8 Å². The van der Waals surface area contributed by atoms with Crippen molar-refractivity contribution in [2.75, 3.05) is 10.6 Å². The lowest BCUT2D eigenvalue weighted by molar-refractivity contribution is 0.0997. The monoisotopic (exact) mass is 452 g/mol. The fraction of sp³-hybridized carbons (Fsp3) is 0.174. The van der Waals surface area contributed by atoms with Gasteiger partial charge in [-0.15, -0.1) is 11.3 Å². The standard InChI is InChI=1S/C23H21ClN4O2S/c1-13-10-14(2)26-23(25-13)27-20(16-6-4-7-17(24)12-16)18-11-15(3)31-22(18)28-21(29)19-8-5-9-30-19/h4-12,20H,1-3H3,(H,28,29)(H,25,26,27). The van der Waals surface area contributed by atoms with Gasteiger partial charge < -0.3 is 15.1 Å². The van der Waals surface area contributed by atoms with Crippen molar-refractivity contribution in [2.45, 2.75) is 26.8 Å². The minimum atomic E-state index is -0.322. The Morgan fingerprint density at radius 1 is 1.06 bits per heavy atom. The summed E-state index contributed by atoms with van der Waals surface area (Å²) in [6, 6.07) is 14.6. The van der Waals surface area contributed by atoms with Crippen LogP contribution in [-0.2, 0) is 0 Å². The van der Waals surface area contributed by atoms with Crippen LogP contribution >= 0.6 is 22.9 Å². The second kappa shape index (κ2) is 8.91. The molecule has 1 amide bonds. The molecular weight excluding hydrogens is 432 g/mol. The summed E-state index contributed by atoms with van der Waals surface area (Å²) >= 11 is 7.78. The first-order valence-electron chi connectivity index (χ1n) is 9.68. The highest BCUT2D eigenvalue weighted by molar-refractivity contribution is 7.16. The number of carbonyl (C=O) groups is 1. The van der Waals surface area contributed by atoms with Crippen molar-refractivity contribution in [3.63, 3.8) is 0 Å². The first-order valence-corrected chi connectivity index (χ1v) is 10.9. The van der Waals surface area contributed by atoms with Crippen LogP contribution in [0.3, 0.4) is 0 Å². The maximum absolute atomic E-state index is 12.6. The Bertz CT molecular complexity index is 1200. The van der Waals surface area contributed by atoms with Gasteiger partial charge in [-0.2, -0.15) is 0 Å². The molecule has 1 unspecified atom stereocenters. The number of carbonyl (C=O) groups excluding carboxylic acids is 1. The first kappa shape index (κ1) is 21.1. The molecular formula is C23H21ClN4O2S. The Hall–Kier alpha value is -3.16. The van der Waals surface area contributed by atoms with E-state index in [9.17, 15) is 4.79 Å². The summed E-state index contributed by atoms with van der Waals surface area (Å²) in [7, 11) is 0. The molecule has 0 aliphatic heterocycles. The topological polar surface area (TPSA) is 80.0 Å². The molecule has 8 heteroatoms. The van der Waals surface area contributed by atoms with E-state index < -0.39 is 0 Å². The molecule has 0 aliphatic rings. The van der Waals surface area contributed by atoms with Gasteiger partial charge in [0.1, 0.15) is 5.00 Å². The molecule has 2 N–H and O–H groups in total. The van der Waals surface area contributed by atoms with E-state index in [2.05, 4.69) is 20.6 Å². The van der Waals surface area contributed by atoms with Gasteiger partial charge in [-0.3, -0.25) is 4.79 Å². The van der Waals surface area contributed by atoms with Crippen LogP contribution < -0.4 is 10.6 Å². The average Bonchev–Trinajstić information content (AvgIpc) is 3.35. The summed E-state index contributed by atoms with van der Waals surface area (Å²) < 4.78 is 5.24. The van der Waals surface area contributed by atoms with Crippen LogP contribution in [0.15, 0.2) is 59.2 Å². The number of aryl methyl sites for hydroxylation is 3. The number of nitrogens with one attached hydrogen (secondary N) is 2. The lowest BCUT2D eigenvalue weighted by Crippen LogP contribution is -2.18. The number of hydrogen-bond donors (Lipinski definition) is 2. The maximum Gasteiger partial charge on any atom is 0.291 e. The molecule has 0 saturated heterocycles. The van der Waals surface area contributed by atoms with Crippen molar-refractivity contribution in [2.24, 2.45) is 0 Å². The number of hydrogen-bond acceptors (Lipinski definition) is 6. The number of thiophene rings is 1. The third-order valence-electron chi connectivity index (χ3n) is 4.60. The number of aromatic nitrogens is 2. The molecule has 0 saturated carbocycles. The van der Waals surface area contributed by atoms with Crippen molar-refractivity contribution in [3.05, 3.63) is 93.0 Å². The third kappa shape index (κ3) is 4.95. The number of nitrogens with zero attached hydrogens (tertiary/aromatic N) is 2. The van der Waals surface area contributed by atoms with Gasteiger partial charge >= 0.3 is 0 Å². The molecule has 1 atom stereocenters. The van der Waals surface area contributed by atoms with E-state index in [0.717, 1.165) is 32.4 Å². The molecule has 0 spiro atoms. The van der Waals surface area contributed by atoms with Gasteiger partial charge in [-0.25, -0.2) is 9.97 Å². The zero-order valence-corrected chi connectivity index (χ0v) is 18.8. The van der Waals surface area contributed by atoms with E-state index in [1.807, 2.05) is 57.2 Å². The molecule has 31 heavy (non-hydrogen) atoms. The molecule has 0 radical (unpaired) electrons. The van der Waals surface area contributed by atoms with Crippen LogP contribution in [0.1, 0.15) is 44.0 Å². The maximum atomic E-state index is 12.6. The fourth-order valence-corrected chi connectivity index (χ4v) is 4.51. The van der Waals surface area contributed by atoms with E-state index in [1.54, 1.807) is 12.1 Å². The third-order valence-corrected chi connectivity index (χ3v) is 5.82. The van der Waals surface area contributed by atoms with Gasteiger partial charge in [0.05, 0.1) is 12.3 Å². The van der Waals surface area contributed by atoms with Gasteiger partial charge in [0.2, 0.25) is 5.95 Å². The van der Waals surface area contributed by atoms with Crippen LogP contribution in [0.2, 0.25) is 5.02 Å². The number of anilines is 2. The molecule has 3 aromatic heterocycles.